The van der Waals surface area contributed by atoms with E-state index in [1.54, 1.807) is 22.9 Å². The number of benzene rings is 1. The third-order valence-corrected chi connectivity index (χ3v) is 2.90. The van der Waals surface area contributed by atoms with Gasteiger partial charge in [0, 0.05) is 16.4 Å². The van der Waals surface area contributed by atoms with Crippen LogP contribution in [0.5, 0.6) is 0 Å². The van der Waals surface area contributed by atoms with Crippen LogP contribution in [0.2, 0.25) is 0 Å². The van der Waals surface area contributed by atoms with E-state index in [0.29, 0.717) is 14.9 Å². The number of aryl methyl sites for hydroxylation is 1. The van der Waals surface area contributed by atoms with E-state index < -0.39 is 0 Å². The predicted octanol–water partition coefficient (Wildman–Crippen LogP) is 3.74. The van der Waals surface area contributed by atoms with Crippen molar-refractivity contribution in [3.63, 3.8) is 0 Å². The summed E-state index contributed by atoms with van der Waals surface area (Å²) in [4.78, 5) is 2.88. The lowest BCUT2D eigenvalue weighted by atomic mass is 10.3. The first-order valence-electron chi connectivity index (χ1n) is 4.32. The molecule has 0 aliphatic carbocycles. The molecule has 0 bridgehead atoms. The van der Waals surface area contributed by atoms with Crippen molar-refractivity contribution in [3.05, 3.63) is 45.2 Å². The molecule has 0 aliphatic rings. The summed E-state index contributed by atoms with van der Waals surface area (Å²) in [5.41, 5.74) is 1.34. The van der Waals surface area contributed by atoms with E-state index in [2.05, 4.69) is 20.9 Å². The number of rotatable bonds is 1. The van der Waals surface area contributed by atoms with Crippen LogP contribution in [0, 0.1) is 17.5 Å². The van der Waals surface area contributed by atoms with Crippen LogP contribution in [-0.4, -0.2) is 9.55 Å². The summed E-state index contributed by atoms with van der Waals surface area (Å²) >= 11 is 8.29. The minimum Gasteiger partial charge on any atom is -0.337 e. The fraction of sp³-hybridized carbons (Fsp3) is 0.100. The Labute approximate surface area is 99.9 Å². The molecular weight excluding hydrogens is 279 g/mol. The van der Waals surface area contributed by atoms with E-state index in [0.717, 1.165) is 5.69 Å². The fourth-order valence-electron chi connectivity index (χ4n) is 1.42. The van der Waals surface area contributed by atoms with Crippen LogP contribution in [0.3, 0.4) is 0 Å². The normalized spacial score (nSPS) is 10.6. The Morgan fingerprint density at radius 2 is 2.20 bits per heavy atom. The van der Waals surface area contributed by atoms with Gasteiger partial charge in [-0.1, -0.05) is 15.9 Å². The highest BCUT2D eigenvalue weighted by Crippen LogP contribution is 2.20. The summed E-state index contributed by atoms with van der Waals surface area (Å²) in [5, 5.41) is 0. The van der Waals surface area contributed by atoms with Crippen LogP contribution in [-0.2, 0) is 0 Å². The molecule has 0 amide bonds. The molecule has 0 fully saturated rings. The largest absolute Gasteiger partial charge is 0.337 e. The van der Waals surface area contributed by atoms with Crippen LogP contribution in [0.4, 0.5) is 4.39 Å². The number of nitrogens with zero attached hydrogens (tertiary/aromatic N) is 1. The Morgan fingerprint density at radius 1 is 1.47 bits per heavy atom. The zero-order valence-electron chi connectivity index (χ0n) is 7.92. The van der Waals surface area contributed by atoms with Crippen LogP contribution in [0.25, 0.3) is 5.69 Å². The van der Waals surface area contributed by atoms with Gasteiger partial charge in [0.05, 0.1) is 5.69 Å². The molecule has 2 nitrogen and oxygen atoms in total. The number of hydrogen-bond donors (Lipinski definition) is 1. The van der Waals surface area contributed by atoms with Gasteiger partial charge in [-0.2, -0.15) is 0 Å². The van der Waals surface area contributed by atoms with Crippen LogP contribution >= 0.6 is 28.1 Å². The molecule has 1 aromatic carbocycles. The molecule has 0 spiro atoms. The third kappa shape index (κ3) is 1.89. The Hall–Kier alpha value is -0.940. The van der Waals surface area contributed by atoms with Gasteiger partial charge >= 0.3 is 0 Å². The topological polar surface area (TPSA) is 20.7 Å². The molecule has 1 N–H and O–H groups in total. The van der Waals surface area contributed by atoms with Gasteiger partial charge in [-0.3, -0.25) is 4.57 Å². The maximum atomic E-state index is 13.7. The average molecular weight is 287 g/mol. The van der Waals surface area contributed by atoms with E-state index in [1.165, 1.54) is 6.07 Å². The van der Waals surface area contributed by atoms with Gasteiger partial charge in [-0.15, -0.1) is 0 Å². The van der Waals surface area contributed by atoms with Crippen molar-refractivity contribution in [1.82, 2.24) is 9.55 Å². The van der Waals surface area contributed by atoms with Gasteiger partial charge in [0.25, 0.3) is 0 Å². The first kappa shape index (κ1) is 10.6. The molecule has 0 aliphatic heterocycles. The number of nitrogens with one attached hydrogen (secondary N) is 1. The summed E-state index contributed by atoms with van der Waals surface area (Å²) in [6.45, 7) is 1.87. The maximum absolute atomic E-state index is 13.7. The zero-order chi connectivity index (χ0) is 11.0. The quantitative estimate of drug-likeness (QED) is 0.792. The molecule has 0 saturated heterocycles. The number of H-pyrrole nitrogens is 1. The fourth-order valence-corrected chi connectivity index (χ4v) is 2.05. The summed E-state index contributed by atoms with van der Waals surface area (Å²) in [6.07, 6.45) is 1.75. The monoisotopic (exact) mass is 286 g/mol. The van der Waals surface area contributed by atoms with E-state index in [-0.39, 0.29) is 5.82 Å². The second-order valence-corrected chi connectivity index (χ2v) is 4.47. The van der Waals surface area contributed by atoms with E-state index in [1.807, 2.05) is 6.92 Å². The Balaban J connectivity index is 2.69. The number of imidazole rings is 1. The van der Waals surface area contributed by atoms with E-state index in [4.69, 9.17) is 12.2 Å². The van der Waals surface area contributed by atoms with Gasteiger partial charge in [-0.25, -0.2) is 4.39 Å². The first-order chi connectivity index (χ1) is 7.09. The highest BCUT2D eigenvalue weighted by molar-refractivity contribution is 9.10. The van der Waals surface area contributed by atoms with Crippen molar-refractivity contribution < 1.29 is 4.39 Å². The van der Waals surface area contributed by atoms with Gasteiger partial charge in [0.15, 0.2) is 4.77 Å². The Kier molecular flexibility index (Phi) is 2.75. The smallest absolute Gasteiger partial charge is 0.182 e. The highest BCUT2D eigenvalue weighted by Gasteiger charge is 2.08. The molecule has 15 heavy (non-hydrogen) atoms. The molecule has 5 heteroatoms. The van der Waals surface area contributed by atoms with Gasteiger partial charge in [0.2, 0.25) is 0 Å². The SMILES string of the molecule is Cc1c[nH]c(=S)n1-c1ccc(Br)cc1F. The maximum Gasteiger partial charge on any atom is 0.182 e. The summed E-state index contributed by atoms with van der Waals surface area (Å²) in [6, 6.07) is 4.90. The van der Waals surface area contributed by atoms with Crippen molar-refractivity contribution >= 4 is 28.1 Å². The van der Waals surface area contributed by atoms with Crippen molar-refractivity contribution in [2.24, 2.45) is 0 Å². The molecule has 1 aromatic heterocycles. The minimum absolute atomic E-state index is 0.303. The third-order valence-electron chi connectivity index (χ3n) is 2.11. The molecule has 0 atom stereocenters. The first-order valence-corrected chi connectivity index (χ1v) is 5.52. The van der Waals surface area contributed by atoms with E-state index in [9.17, 15) is 4.39 Å². The lowest BCUT2D eigenvalue weighted by molar-refractivity contribution is 0.615. The number of aromatic nitrogens is 2. The van der Waals surface area contributed by atoms with Gasteiger partial charge < -0.3 is 4.98 Å². The molecule has 78 valence electrons. The molecule has 2 aromatic rings. The Morgan fingerprint density at radius 3 is 2.73 bits per heavy atom. The molecule has 0 unspecified atom stereocenters. The average Bonchev–Trinajstić information content (AvgIpc) is 2.48. The van der Waals surface area contributed by atoms with Crippen LogP contribution in [0.15, 0.2) is 28.9 Å². The minimum atomic E-state index is -0.303. The Bertz CT molecular complexity index is 559. The van der Waals surface area contributed by atoms with Crippen molar-refractivity contribution in [3.8, 4) is 5.69 Å². The van der Waals surface area contributed by atoms with Gasteiger partial charge in [-0.05, 0) is 37.3 Å². The van der Waals surface area contributed by atoms with Crippen molar-refractivity contribution in [2.45, 2.75) is 6.92 Å². The van der Waals surface area contributed by atoms with Crippen LogP contribution < -0.4 is 0 Å². The lowest BCUT2D eigenvalue weighted by Gasteiger charge is -2.06. The second kappa shape index (κ2) is 3.90. The predicted molar refractivity (Wildman–Crippen MR) is 63.3 cm³/mol. The van der Waals surface area contributed by atoms with Crippen molar-refractivity contribution in [1.29, 1.82) is 0 Å². The molecule has 1 heterocycles. The zero-order valence-corrected chi connectivity index (χ0v) is 10.3. The summed E-state index contributed by atoms with van der Waals surface area (Å²) in [7, 11) is 0. The van der Waals surface area contributed by atoms with Crippen molar-refractivity contribution in [2.75, 3.05) is 0 Å². The molecular formula is C10H8BrFN2S. The molecule has 2 rings (SSSR count). The lowest BCUT2D eigenvalue weighted by Crippen LogP contribution is -1.99. The van der Waals surface area contributed by atoms with Gasteiger partial charge in [0.1, 0.15) is 5.82 Å². The number of hydrogen-bond acceptors (Lipinski definition) is 1. The van der Waals surface area contributed by atoms with E-state index >= 15 is 0 Å². The van der Waals surface area contributed by atoms with Crippen LogP contribution in [0.1, 0.15) is 5.69 Å². The summed E-state index contributed by atoms with van der Waals surface area (Å²) < 4.78 is 16.5. The highest BCUT2D eigenvalue weighted by atomic mass is 79.9. The summed E-state index contributed by atoms with van der Waals surface area (Å²) in [5.74, 6) is -0.303. The molecule has 0 radical (unpaired) electrons. The molecule has 0 saturated carbocycles. The second-order valence-electron chi connectivity index (χ2n) is 3.17. The number of halogens is 2. The number of aromatic amines is 1. The standard InChI is InChI=1S/C10H8BrFN2S/c1-6-5-13-10(15)14(6)9-3-2-7(11)4-8(9)12/h2-5H,1H3,(H,13,15).